The molecule has 0 spiro atoms. The molecule has 3 amide bonds. The quantitative estimate of drug-likeness (QED) is 0.385. The zero-order valence-electron chi connectivity index (χ0n) is 16.4. The lowest BCUT2D eigenvalue weighted by atomic mass is 10.0. The fourth-order valence-corrected chi connectivity index (χ4v) is 3.70. The molecule has 0 saturated carbocycles. The minimum absolute atomic E-state index is 0.183. The molecule has 2 unspecified atom stereocenters. The van der Waals surface area contributed by atoms with Crippen LogP contribution in [0.4, 0.5) is 0 Å². The summed E-state index contributed by atoms with van der Waals surface area (Å²) in [5.74, 6) is -2.56. The number of nitrogens with two attached hydrogens (primary N) is 1. The first-order valence-corrected chi connectivity index (χ1v) is 9.75. The van der Waals surface area contributed by atoms with E-state index in [1.54, 1.807) is 6.20 Å². The number of aliphatic carboxylic acids is 1. The Morgan fingerprint density at radius 2 is 2.00 bits per heavy atom. The van der Waals surface area contributed by atoms with Gasteiger partial charge in [-0.3, -0.25) is 14.4 Å². The molecule has 2 heterocycles. The van der Waals surface area contributed by atoms with Gasteiger partial charge in [0.2, 0.25) is 17.7 Å². The zero-order valence-corrected chi connectivity index (χ0v) is 16.4. The number of hydrogen-bond donors (Lipinski definition) is 5. The van der Waals surface area contributed by atoms with Crippen LogP contribution in [0.2, 0.25) is 0 Å². The summed E-state index contributed by atoms with van der Waals surface area (Å²) in [6, 6.07) is 5.69. The number of nitrogens with zero attached hydrogens (tertiary/aromatic N) is 1. The van der Waals surface area contributed by atoms with Gasteiger partial charge in [0.25, 0.3) is 0 Å². The summed E-state index contributed by atoms with van der Waals surface area (Å²) in [6.07, 6.45) is 2.92. The zero-order chi connectivity index (χ0) is 21.7. The molecule has 3 rings (SSSR count). The molecule has 2 atom stereocenters. The summed E-state index contributed by atoms with van der Waals surface area (Å²) in [5, 5.41) is 15.3. The SMILES string of the molecule is NCC(=O)NCC(=O)NC(Cc1c[nH]c2ccccc12)C(=O)N1CCCC1C(=O)O. The maximum absolute atomic E-state index is 13.2. The molecule has 1 aromatic heterocycles. The van der Waals surface area contributed by atoms with Crippen molar-refractivity contribution < 1.29 is 24.3 Å². The van der Waals surface area contributed by atoms with Crippen LogP contribution in [0.5, 0.6) is 0 Å². The number of likely N-dealkylation sites (tertiary alicyclic amines) is 1. The lowest BCUT2D eigenvalue weighted by Crippen LogP contribution is -2.54. The molecule has 0 radical (unpaired) electrons. The van der Waals surface area contributed by atoms with Gasteiger partial charge < -0.3 is 31.4 Å². The van der Waals surface area contributed by atoms with Crippen molar-refractivity contribution in [3.63, 3.8) is 0 Å². The van der Waals surface area contributed by atoms with E-state index in [4.69, 9.17) is 5.73 Å². The van der Waals surface area contributed by atoms with E-state index in [9.17, 15) is 24.3 Å². The maximum Gasteiger partial charge on any atom is 0.326 e. The Balaban J connectivity index is 1.80. The lowest BCUT2D eigenvalue weighted by molar-refractivity contribution is -0.149. The average molecular weight is 415 g/mol. The molecule has 2 aromatic rings. The first-order chi connectivity index (χ1) is 14.4. The second-order valence-corrected chi connectivity index (χ2v) is 7.19. The molecule has 6 N–H and O–H groups in total. The van der Waals surface area contributed by atoms with Crippen LogP contribution < -0.4 is 16.4 Å². The van der Waals surface area contributed by atoms with Gasteiger partial charge in [0.15, 0.2) is 0 Å². The molecule has 10 nitrogen and oxygen atoms in total. The second-order valence-electron chi connectivity index (χ2n) is 7.19. The average Bonchev–Trinajstić information content (AvgIpc) is 3.38. The number of para-hydroxylation sites is 1. The van der Waals surface area contributed by atoms with E-state index in [-0.39, 0.29) is 19.5 Å². The molecular formula is C20H25N5O5. The summed E-state index contributed by atoms with van der Waals surface area (Å²) in [5.41, 5.74) is 6.93. The van der Waals surface area contributed by atoms with Crippen molar-refractivity contribution in [1.82, 2.24) is 20.5 Å². The van der Waals surface area contributed by atoms with E-state index >= 15 is 0 Å². The molecule has 30 heavy (non-hydrogen) atoms. The Labute approximate surface area is 172 Å². The Bertz CT molecular complexity index is 956. The van der Waals surface area contributed by atoms with Gasteiger partial charge in [-0.25, -0.2) is 4.79 Å². The van der Waals surface area contributed by atoms with Crippen molar-refractivity contribution in [1.29, 1.82) is 0 Å². The Hall–Kier alpha value is -3.40. The van der Waals surface area contributed by atoms with Crippen molar-refractivity contribution in [3.05, 3.63) is 36.0 Å². The largest absolute Gasteiger partial charge is 0.480 e. The summed E-state index contributed by atoms with van der Waals surface area (Å²) >= 11 is 0. The summed E-state index contributed by atoms with van der Waals surface area (Å²) < 4.78 is 0. The van der Waals surface area contributed by atoms with Crippen LogP contribution in [0.25, 0.3) is 10.9 Å². The number of rotatable bonds is 8. The van der Waals surface area contributed by atoms with Gasteiger partial charge in [0.1, 0.15) is 12.1 Å². The van der Waals surface area contributed by atoms with Crippen molar-refractivity contribution in [2.45, 2.75) is 31.3 Å². The predicted octanol–water partition coefficient (Wildman–Crippen LogP) is -0.654. The third-order valence-electron chi connectivity index (χ3n) is 5.18. The molecule has 0 bridgehead atoms. The van der Waals surface area contributed by atoms with E-state index in [0.717, 1.165) is 16.5 Å². The minimum atomic E-state index is -1.06. The smallest absolute Gasteiger partial charge is 0.326 e. The number of hydrogen-bond acceptors (Lipinski definition) is 5. The van der Waals surface area contributed by atoms with Gasteiger partial charge >= 0.3 is 5.97 Å². The number of aromatic nitrogens is 1. The number of carboxylic acid groups (broad SMARTS) is 1. The molecule has 1 fully saturated rings. The molecule has 1 aliphatic heterocycles. The van der Waals surface area contributed by atoms with Gasteiger partial charge in [0, 0.05) is 30.1 Å². The first-order valence-electron chi connectivity index (χ1n) is 9.75. The number of carbonyl (C=O) groups excluding carboxylic acids is 3. The third kappa shape index (κ3) is 4.77. The number of carbonyl (C=O) groups is 4. The van der Waals surface area contributed by atoms with Crippen LogP contribution in [-0.2, 0) is 25.6 Å². The molecule has 10 heteroatoms. The highest BCUT2D eigenvalue weighted by molar-refractivity contribution is 5.93. The normalized spacial score (nSPS) is 17.0. The number of amides is 3. The predicted molar refractivity (Wildman–Crippen MR) is 108 cm³/mol. The third-order valence-corrected chi connectivity index (χ3v) is 5.18. The highest BCUT2D eigenvalue weighted by Gasteiger charge is 2.37. The fourth-order valence-electron chi connectivity index (χ4n) is 3.70. The number of benzene rings is 1. The van der Waals surface area contributed by atoms with Crippen molar-refractivity contribution in [2.75, 3.05) is 19.6 Å². The van der Waals surface area contributed by atoms with Crippen molar-refractivity contribution in [3.8, 4) is 0 Å². The monoisotopic (exact) mass is 415 g/mol. The number of H-pyrrole nitrogens is 1. The van der Waals surface area contributed by atoms with Crippen molar-refractivity contribution in [2.24, 2.45) is 5.73 Å². The Morgan fingerprint density at radius 3 is 2.73 bits per heavy atom. The summed E-state index contributed by atoms with van der Waals surface area (Å²) in [6.45, 7) is -0.255. The molecule has 160 valence electrons. The Kier molecular flexibility index (Phi) is 6.68. The standard InChI is InChI=1S/C20H25N5O5/c21-9-17(26)23-11-18(27)24-15(19(28)25-7-3-6-16(25)20(29)30)8-12-10-22-14-5-2-1-4-13(12)14/h1-2,4-5,10,15-16,22H,3,6-9,11,21H2,(H,23,26)(H,24,27)(H,29,30). The molecule has 1 aromatic carbocycles. The molecular weight excluding hydrogens is 390 g/mol. The number of nitrogens with one attached hydrogen (secondary N) is 3. The second kappa shape index (κ2) is 9.40. The van der Waals surface area contributed by atoms with Crippen LogP contribution in [0.3, 0.4) is 0 Å². The molecule has 1 saturated heterocycles. The van der Waals surface area contributed by atoms with Gasteiger partial charge in [0.05, 0.1) is 13.1 Å². The maximum atomic E-state index is 13.2. The number of aromatic amines is 1. The highest BCUT2D eigenvalue weighted by atomic mass is 16.4. The molecule has 1 aliphatic rings. The molecule has 0 aliphatic carbocycles. The van der Waals surface area contributed by atoms with Crippen LogP contribution in [-0.4, -0.2) is 70.4 Å². The van der Waals surface area contributed by atoms with Crippen molar-refractivity contribution >= 4 is 34.6 Å². The summed E-state index contributed by atoms with van der Waals surface area (Å²) in [4.78, 5) is 52.8. The van der Waals surface area contributed by atoms with E-state index in [1.807, 2.05) is 24.3 Å². The van der Waals surface area contributed by atoms with E-state index < -0.39 is 35.8 Å². The number of fused-ring (bicyclic) bond motifs is 1. The highest BCUT2D eigenvalue weighted by Crippen LogP contribution is 2.22. The summed E-state index contributed by atoms with van der Waals surface area (Å²) in [7, 11) is 0. The van der Waals surface area contributed by atoms with Crippen LogP contribution in [0.1, 0.15) is 18.4 Å². The van der Waals surface area contributed by atoms with E-state index in [2.05, 4.69) is 15.6 Å². The van der Waals surface area contributed by atoms with Gasteiger partial charge in [-0.05, 0) is 24.5 Å². The fraction of sp³-hybridized carbons (Fsp3) is 0.400. The van der Waals surface area contributed by atoms with Gasteiger partial charge in [-0.1, -0.05) is 18.2 Å². The van der Waals surface area contributed by atoms with E-state index in [0.29, 0.717) is 19.4 Å². The lowest BCUT2D eigenvalue weighted by Gasteiger charge is -2.27. The van der Waals surface area contributed by atoms with Gasteiger partial charge in [-0.15, -0.1) is 0 Å². The van der Waals surface area contributed by atoms with Crippen LogP contribution >= 0.6 is 0 Å². The first kappa shape index (κ1) is 21.3. The van der Waals surface area contributed by atoms with Gasteiger partial charge in [-0.2, -0.15) is 0 Å². The van der Waals surface area contributed by atoms with E-state index in [1.165, 1.54) is 4.90 Å². The van der Waals surface area contributed by atoms with Crippen LogP contribution in [0.15, 0.2) is 30.5 Å². The topological polar surface area (TPSA) is 158 Å². The van der Waals surface area contributed by atoms with Crippen LogP contribution in [0, 0.1) is 0 Å². The number of carboxylic acids is 1. The minimum Gasteiger partial charge on any atom is -0.480 e. The Morgan fingerprint density at radius 1 is 1.23 bits per heavy atom.